The second-order valence-electron chi connectivity index (χ2n) is 8.29. The number of rotatable bonds is 9. The lowest BCUT2D eigenvalue weighted by Gasteiger charge is -2.49. The van der Waals surface area contributed by atoms with E-state index in [0.717, 1.165) is 0 Å². The maximum atomic E-state index is 12.3. The average molecular weight is 556 g/mol. The Bertz CT molecular complexity index is 1090. The van der Waals surface area contributed by atoms with Gasteiger partial charge < -0.3 is 49.0 Å². The van der Waals surface area contributed by atoms with Crippen LogP contribution in [-0.4, -0.2) is 85.2 Å². The van der Waals surface area contributed by atoms with Gasteiger partial charge >= 0.3 is 11.9 Å². The van der Waals surface area contributed by atoms with Gasteiger partial charge in [-0.3, -0.25) is 24.3 Å². The van der Waals surface area contributed by atoms with Gasteiger partial charge in [0.1, 0.15) is 34.9 Å². The van der Waals surface area contributed by atoms with Crippen molar-refractivity contribution in [3.05, 3.63) is 41.1 Å². The molecule has 2 aliphatic rings. The maximum Gasteiger partial charge on any atom is 0.352 e. The molecular weight excluding hydrogens is 522 g/mol. The van der Waals surface area contributed by atoms with Crippen molar-refractivity contribution < 1.29 is 40.0 Å². The van der Waals surface area contributed by atoms with Gasteiger partial charge in [0.05, 0.1) is 0 Å². The van der Waals surface area contributed by atoms with Crippen LogP contribution in [0.4, 0.5) is 0 Å². The van der Waals surface area contributed by atoms with Crippen molar-refractivity contribution in [1.82, 2.24) is 10.2 Å². The van der Waals surface area contributed by atoms with E-state index in [0.29, 0.717) is 36.3 Å². The lowest BCUT2D eigenvalue weighted by molar-refractivity contribution is -0.150. The van der Waals surface area contributed by atoms with Gasteiger partial charge in [-0.1, -0.05) is 12.1 Å². The Morgan fingerprint density at radius 2 is 1.79 bits per heavy atom. The van der Waals surface area contributed by atoms with Gasteiger partial charge in [-0.15, -0.1) is 11.8 Å². The molecule has 0 spiro atoms. The van der Waals surface area contributed by atoms with Gasteiger partial charge in [-0.05, 0) is 43.0 Å². The molecule has 2 amide bonds. The third-order valence-corrected chi connectivity index (χ3v) is 6.90. The van der Waals surface area contributed by atoms with Crippen molar-refractivity contribution in [3.8, 4) is 5.75 Å². The van der Waals surface area contributed by atoms with Crippen LogP contribution in [0.15, 0.2) is 40.5 Å². The molecule has 1 unspecified atom stereocenters. The Labute approximate surface area is 222 Å². The van der Waals surface area contributed by atoms with E-state index in [1.54, 1.807) is 6.92 Å². The molecule has 14 N–H and O–H groups in total. The number of nitrogens with one attached hydrogen (secondary N) is 1. The second kappa shape index (κ2) is 14.2. The molecule has 0 aliphatic carbocycles. The Morgan fingerprint density at radius 3 is 2.32 bits per heavy atom. The summed E-state index contributed by atoms with van der Waals surface area (Å²) in [6.45, 7) is 2.09. The number of phenols is 1. The first-order chi connectivity index (χ1) is 17.3. The fourth-order valence-corrected chi connectivity index (χ4v) is 4.79. The number of hydrogen-bond acceptors (Lipinski definition) is 9. The highest BCUT2D eigenvalue weighted by Gasteiger charge is 2.53. The van der Waals surface area contributed by atoms with Crippen molar-refractivity contribution in [2.45, 2.75) is 43.3 Å². The lowest BCUT2D eigenvalue weighted by atomic mass is 10.0. The topological polar surface area (TPSA) is 292 Å². The molecule has 2 aliphatic heterocycles. The number of aliphatic carboxylic acids is 2. The van der Waals surface area contributed by atoms with Crippen LogP contribution in [0, 0.1) is 0 Å². The molecule has 1 aromatic rings. The number of aromatic hydroxyl groups is 1. The number of amides is 2. The maximum absolute atomic E-state index is 12.3. The number of carbonyl (C=O) groups excluding carboxylic acids is 2. The number of aliphatic imine (C=N–C) groups is 1. The predicted octanol–water partition coefficient (Wildman–Crippen LogP) is -2.22. The molecule has 210 valence electrons. The summed E-state index contributed by atoms with van der Waals surface area (Å²) in [4.78, 5) is 51.1. The third kappa shape index (κ3) is 8.07. The first-order valence-corrected chi connectivity index (χ1v) is 12.2. The third-order valence-electron chi connectivity index (χ3n) is 5.48. The molecule has 3 rings (SSSR count). The smallest absolute Gasteiger partial charge is 0.352 e. The zero-order chi connectivity index (χ0) is 27.9. The molecule has 0 radical (unpaired) electrons. The number of nitrogens with two attached hydrogens (primary N) is 4. The summed E-state index contributed by atoms with van der Waals surface area (Å²) in [6, 6.07) is 3.27. The van der Waals surface area contributed by atoms with E-state index in [2.05, 4.69) is 10.3 Å². The lowest BCUT2D eigenvalue weighted by Crippen LogP contribution is -2.71. The first-order valence-electron chi connectivity index (χ1n) is 11.1. The number of guanidine groups is 1. The van der Waals surface area contributed by atoms with Crippen LogP contribution in [0.5, 0.6) is 5.75 Å². The molecule has 38 heavy (non-hydrogen) atoms. The zero-order valence-electron chi connectivity index (χ0n) is 20.5. The summed E-state index contributed by atoms with van der Waals surface area (Å²) in [6.07, 6.45) is 0.956. The molecule has 2 heterocycles. The Hall–Kier alpha value is -3.86. The van der Waals surface area contributed by atoms with Crippen LogP contribution in [-0.2, 0) is 19.2 Å². The minimum absolute atomic E-state index is 0. The summed E-state index contributed by atoms with van der Waals surface area (Å²) < 4.78 is 0. The predicted molar refractivity (Wildman–Crippen MR) is 140 cm³/mol. The fraction of sp³-hybridized carbons (Fsp3) is 0.409. The summed E-state index contributed by atoms with van der Waals surface area (Å²) in [7, 11) is 0. The van der Waals surface area contributed by atoms with Crippen molar-refractivity contribution in [3.63, 3.8) is 0 Å². The first kappa shape index (κ1) is 32.2. The molecule has 0 saturated carbocycles. The number of hydrogen-bond donors (Lipinski definition) is 8. The van der Waals surface area contributed by atoms with Gasteiger partial charge in [0, 0.05) is 12.3 Å². The fourth-order valence-electron chi connectivity index (χ4n) is 3.49. The normalized spacial score (nSPS) is 19.3. The largest absolute Gasteiger partial charge is 0.508 e. The monoisotopic (exact) mass is 555 g/mol. The molecule has 1 aromatic carbocycles. The number of β-lactam (4-membered cyclic amide) rings is 1. The van der Waals surface area contributed by atoms with E-state index in [-0.39, 0.29) is 22.9 Å². The second-order valence-corrected chi connectivity index (χ2v) is 9.40. The van der Waals surface area contributed by atoms with Crippen molar-refractivity contribution in [2.75, 3.05) is 12.3 Å². The molecule has 0 bridgehead atoms. The van der Waals surface area contributed by atoms with Crippen LogP contribution in [0.25, 0.3) is 0 Å². The molecular formula is C22H33N7O8S. The zero-order valence-corrected chi connectivity index (χ0v) is 21.4. The quantitative estimate of drug-likeness (QED) is 0.0695. The summed E-state index contributed by atoms with van der Waals surface area (Å²) in [5.74, 6) is -2.59. The van der Waals surface area contributed by atoms with E-state index in [4.69, 9.17) is 28.0 Å². The summed E-state index contributed by atoms with van der Waals surface area (Å²) in [5, 5.41) is 29.1. The Balaban J connectivity index is 0.000000475. The summed E-state index contributed by atoms with van der Waals surface area (Å²) in [5.41, 5.74) is 22.3. The van der Waals surface area contributed by atoms with E-state index in [1.165, 1.54) is 40.9 Å². The molecule has 1 saturated heterocycles. The van der Waals surface area contributed by atoms with Gasteiger partial charge in [0.2, 0.25) is 5.91 Å². The number of phenolic OH excluding ortho intramolecular Hbond substituents is 1. The van der Waals surface area contributed by atoms with Crippen LogP contribution in [0.1, 0.15) is 31.4 Å². The highest BCUT2D eigenvalue weighted by atomic mass is 32.2. The number of thioether (sulfide) groups is 1. The van der Waals surface area contributed by atoms with Crippen LogP contribution >= 0.6 is 11.8 Å². The SMILES string of the molecule is CC1=C(C(=O)O)N2C(=O)[C@@H](NC(=O)[C@H](N)c3ccc(O)cc3)[C@H]2SC1.NC(N)=NCCCC(N)C(=O)O.O. The minimum atomic E-state index is -1.15. The Morgan fingerprint density at radius 1 is 1.18 bits per heavy atom. The van der Waals surface area contributed by atoms with Crippen LogP contribution in [0.2, 0.25) is 0 Å². The molecule has 0 aromatic heterocycles. The van der Waals surface area contributed by atoms with Crippen LogP contribution in [0.3, 0.4) is 0 Å². The van der Waals surface area contributed by atoms with Gasteiger partial charge in [0.25, 0.3) is 5.91 Å². The van der Waals surface area contributed by atoms with E-state index >= 15 is 0 Å². The van der Waals surface area contributed by atoms with E-state index in [1.807, 2.05) is 0 Å². The number of nitrogens with zero attached hydrogens (tertiary/aromatic N) is 2. The summed E-state index contributed by atoms with van der Waals surface area (Å²) >= 11 is 1.40. The van der Waals surface area contributed by atoms with Gasteiger partial charge in [0.15, 0.2) is 5.96 Å². The number of carbonyl (C=O) groups is 4. The van der Waals surface area contributed by atoms with Crippen molar-refractivity contribution >= 4 is 41.5 Å². The van der Waals surface area contributed by atoms with Crippen molar-refractivity contribution in [2.24, 2.45) is 27.9 Å². The highest BCUT2D eigenvalue weighted by Crippen LogP contribution is 2.40. The number of carboxylic acids is 2. The average Bonchev–Trinajstić information content (AvgIpc) is 2.84. The number of fused-ring (bicyclic) bond motifs is 1. The molecule has 4 atom stereocenters. The van der Waals surface area contributed by atoms with Crippen molar-refractivity contribution in [1.29, 1.82) is 0 Å². The van der Waals surface area contributed by atoms with Gasteiger partial charge in [-0.25, -0.2) is 4.79 Å². The van der Waals surface area contributed by atoms with E-state index < -0.39 is 47.3 Å². The number of benzene rings is 1. The number of carboxylic acid groups (broad SMARTS) is 2. The standard InChI is InChI=1S/C16H17N3O5S.C6H14N4O2.H2O/c1-7-6-25-15-11(14(22)19(15)12(7)16(23)24)18-13(21)10(17)8-2-4-9(20)5-3-8;7-4(5(11)12)2-1-3-10-6(8)9;/h2-5,10-11,15,20H,6,17H2,1H3,(H,18,21)(H,23,24);4H,1-3,7H2,(H,11,12)(H4,8,9,10);1H2/t10-,11-,15-;;/m1../s1. The highest BCUT2D eigenvalue weighted by molar-refractivity contribution is 8.00. The minimum Gasteiger partial charge on any atom is -0.508 e. The van der Waals surface area contributed by atoms with Gasteiger partial charge in [-0.2, -0.15) is 0 Å². The molecule has 16 heteroatoms. The van der Waals surface area contributed by atoms with Crippen LogP contribution < -0.4 is 28.3 Å². The molecule has 15 nitrogen and oxygen atoms in total. The Kier molecular flexibility index (Phi) is 12.0. The van der Waals surface area contributed by atoms with E-state index in [9.17, 15) is 29.4 Å². The molecule has 1 fully saturated rings.